The highest BCUT2D eigenvalue weighted by molar-refractivity contribution is 14.1. The number of ether oxygens (including phenoxy) is 1. The van der Waals surface area contributed by atoms with Gasteiger partial charge in [-0.05, 0) is 67.0 Å². The normalized spacial score (nSPS) is 16.4. The monoisotopic (exact) mass is 444 g/mol. The molecule has 1 atom stereocenters. The second kappa shape index (κ2) is 7.21. The zero-order chi connectivity index (χ0) is 16.4. The molecule has 23 heavy (non-hydrogen) atoms. The van der Waals surface area contributed by atoms with Crippen molar-refractivity contribution in [1.82, 2.24) is 9.88 Å². The molecule has 1 aromatic heterocycles. The van der Waals surface area contributed by atoms with Crippen molar-refractivity contribution in [3.8, 4) is 5.75 Å². The Hall–Kier alpha value is -1.08. The molecule has 2 heterocycles. The van der Waals surface area contributed by atoms with Gasteiger partial charge in [-0.1, -0.05) is 11.6 Å². The molecule has 0 spiro atoms. The summed E-state index contributed by atoms with van der Waals surface area (Å²) < 4.78 is 6.87. The number of hydrogen-bond donors (Lipinski definition) is 0. The van der Waals surface area contributed by atoms with Crippen LogP contribution in [0.15, 0.2) is 24.4 Å². The maximum Gasteiger partial charge on any atom is 0.263 e. The van der Waals surface area contributed by atoms with E-state index in [1.165, 1.54) is 6.42 Å². The van der Waals surface area contributed by atoms with Crippen molar-refractivity contribution in [2.75, 3.05) is 13.1 Å². The van der Waals surface area contributed by atoms with Gasteiger partial charge >= 0.3 is 0 Å². The van der Waals surface area contributed by atoms with Crippen LogP contribution in [0.1, 0.15) is 26.2 Å². The van der Waals surface area contributed by atoms with E-state index < -0.39 is 6.10 Å². The first-order valence-corrected chi connectivity index (χ1v) is 9.22. The third-order valence-corrected chi connectivity index (χ3v) is 5.17. The van der Waals surface area contributed by atoms with Crippen LogP contribution >= 0.6 is 34.2 Å². The second-order valence-electron chi connectivity index (χ2n) is 5.71. The van der Waals surface area contributed by atoms with Gasteiger partial charge in [0.15, 0.2) is 11.9 Å². The zero-order valence-corrected chi connectivity index (χ0v) is 15.8. The first kappa shape index (κ1) is 16.8. The maximum atomic E-state index is 12.6. The molecule has 1 aromatic carbocycles. The van der Waals surface area contributed by atoms with Gasteiger partial charge in [0.05, 0.1) is 8.59 Å². The van der Waals surface area contributed by atoms with Crippen molar-refractivity contribution in [3.63, 3.8) is 0 Å². The van der Waals surface area contributed by atoms with Gasteiger partial charge in [0, 0.05) is 24.7 Å². The van der Waals surface area contributed by atoms with Gasteiger partial charge in [0.25, 0.3) is 5.91 Å². The molecule has 1 aliphatic heterocycles. The first-order valence-electron chi connectivity index (χ1n) is 7.76. The average Bonchev–Trinajstić information content (AvgIpc) is 2.58. The van der Waals surface area contributed by atoms with E-state index in [0.717, 1.165) is 34.9 Å². The molecule has 2 aromatic rings. The molecular weight excluding hydrogens is 427 g/mol. The standard InChI is InChI=1S/C17H18ClIN2O2/c1-11(17(22)21-8-3-2-4-9-21)23-16-14(19)10-13(18)12-6-5-7-20-15(12)16/h5-7,10-11H,2-4,8-9H2,1H3. The fourth-order valence-electron chi connectivity index (χ4n) is 2.86. The number of carbonyl (C=O) groups is 1. The molecule has 122 valence electrons. The summed E-state index contributed by atoms with van der Waals surface area (Å²) in [6, 6.07) is 5.59. The molecule has 1 saturated heterocycles. The van der Waals surface area contributed by atoms with Crippen molar-refractivity contribution in [2.24, 2.45) is 0 Å². The average molecular weight is 445 g/mol. The van der Waals surface area contributed by atoms with Crippen LogP contribution in [0.4, 0.5) is 0 Å². The molecule has 4 nitrogen and oxygen atoms in total. The number of rotatable bonds is 3. The van der Waals surface area contributed by atoms with E-state index in [1.54, 1.807) is 13.1 Å². The lowest BCUT2D eigenvalue weighted by molar-refractivity contribution is -0.138. The number of fused-ring (bicyclic) bond motifs is 1. The van der Waals surface area contributed by atoms with Gasteiger partial charge in [0.2, 0.25) is 0 Å². The fourth-order valence-corrected chi connectivity index (χ4v) is 4.00. The van der Waals surface area contributed by atoms with Crippen LogP contribution in [0.5, 0.6) is 5.75 Å². The Morgan fingerprint density at radius 1 is 1.39 bits per heavy atom. The third-order valence-electron chi connectivity index (χ3n) is 4.06. The summed E-state index contributed by atoms with van der Waals surface area (Å²) in [4.78, 5) is 18.9. The molecule has 0 radical (unpaired) electrons. The van der Waals surface area contributed by atoms with Gasteiger partial charge < -0.3 is 9.64 Å². The van der Waals surface area contributed by atoms with Crippen LogP contribution in [0, 0.1) is 3.57 Å². The lowest BCUT2D eigenvalue weighted by Crippen LogP contribution is -2.43. The second-order valence-corrected chi connectivity index (χ2v) is 7.28. The van der Waals surface area contributed by atoms with E-state index in [1.807, 2.05) is 23.1 Å². The van der Waals surface area contributed by atoms with Crippen LogP contribution in [-0.4, -0.2) is 35.0 Å². The summed E-state index contributed by atoms with van der Waals surface area (Å²) in [5, 5.41) is 1.47. The highest BCUT2D eigenvalue weighted by atomic mass is 127. The van der Waals surface area contributed by atoms with Gasteiger partial charge in [-0.25, -0.2) is 0 Å². The number of benzene rings is 1. The lowest BCUT2D eigenvalue weighted by Gasteiger charge is -2.29. The smallest absolute Gasteiger partial charge is 0.263 e. The molecule has 0 saturated carbocycles. The molecular formula is C17H18ClIN2O2. The fraction of sp³-hybridized carbons (Fsp3) is 0.412. The summed E-state index contributed by atoms with van der Waals surface area (Å²) in [6.45, 7) is 3.45. The van der Waals surface area contributed by atoms with Crippen LogP contribution in [0.2, 0.25) is 5.02 Å². The van der Waals surface area contributed by atoms with E-state index in [4.69, 9.17) is 16.3 Å². The van der Waals surface area contributed by atoms with Crippen molar-refractivity contribution >= 4 is 51.0 Å². The molecule has 1 fully saturated rings. The number of halogens is 2. The van der Waals surface area contributed by atoms with E-state index in [0.29, 0.717) is 16.3 Å². The predicted molar refractivity (Wildman–Crippen MR) is 100.0 cm³/mol. The molecule has 6 heteroatoms. The summed E-state index contributed by atoms with van der Waals surface area (Å²) in [5.41, 5.74) is 0.697. The molecule has 1 unspecified atom stereocenters. The van der Waals surface area contributed by atoms with Gasteiger partial charge in [-0.15, -0.1) is 0 Å². The molecule has 0 bridgehead atoms. The lowest BCUT2D eigenvalue weighted by atomic mass is 10.1. The van der Waals surface area contributed by atoms with Crippen LogP contribution in [0.25, 0.3) is 10.9 Å². The highest BCUT2D eigenvalue weighted by Gasteiger charge is 2.25. The van der Waals surface area contributed by atoms with E-state index in [2.05, 4.69) is 27.6 Å². The minimum absolute atomic E-state index is 0.0412. The van der Waals surface area contributed by atoms with E-state index >= 15 is 0 Å². The third kappa shape index (κ3) is 3.55. The van der Waals surface area contributed by atoms with Crippen LogP contribution < -0.4 is 4.74 Å². The number of hydrogen-bond acceptors (Lipinski definition) is 3. The maximum absolute atomic E-state index is 12.6. The van der Waals surface area contributed by atoms with Crippen molar-refractivity contribution in [2.45, 2.75) is 32.3 Å². The van der Waals surface area contributed by atoms with Gasteiger partial charge in [0.1, 0.15) is 5.52 Å². The van der Waals surface area contributed by atoms with Crippen LogP contribution in [-0.2, 0) is 4.79 Å². The summed E-state index contributed by atoms with van der Waals surface area (Å²) in [6.07, 6.45) is 4.51. The van der Waals surface area contributed by atoms with E-state index in [9.17, 15) is 4.79 Å². The molecule has 0 aliphatic carbocycles. The quantitative estimate of drug-likeness (QED) is 0.664. The Bertz CT molecular complexity index is 732. The van der Waals surface area contributed by atoms with Crippen molar-refractivity contribution in [3.05, 3.63) is 33.0 Å². The van der Waals surface area contributed by atoms with Crippen LogP contribution in [0.3, 0.4) is 0 Å². The molecule has 1 aliphatic rings. The topological polar surface area (TPSA) is 42.4 Å². The van der Waals surface area contributed by atoms with Gasteiger partial charge in [-0.3, -0.25) is 9.78 Å². The Morgan fingerprint density at radius 2 is 2.13 bits per heavy atom. The van der Waals surface area contributed by atoms with Crippen molar-refractivity contribution in [1.29, 1.82) is 0 Å². The number of aromatic nitrogens is 1. The molecule has 1 amide bonds. The van der Waals surface area contributed by atoms with Crippen molar-refractivity contribution < 1.29 is 9.53 Å². The number of amides is 1. The van der Waals surface area contributed by atoms with Gasteiger partial charge in [-0.2, -0.15) is 0 Å². The molecule has 0 N–H and O–H groups in total. The molecule has 3 rings (SSSR count). The highest BCUT2D eigenvalue weighted by Crippen LogP contribution is 2.35. The largest absolute Gasteiger partial charge is 0.477 e. The Kier molecular flexibility index (Phi) is 5.26. The number of carbonyl (C=O) groups excluding carboxylic acids is 1. The number of pyridine rings is 1. The number of nitrogens with zero attached hydrogens (tertiary/aromatic N) is 2. The Balaban J connectivity index is 1.87. The number of piperidine rings is 1. The summed E-state index contributed by atoms with van der Waals surface area (Å²) in [5.74, 6) is 0.669. The van der Waals surface area contributed by atoms with E-state index in [-0.39, 0.29) is 5.91 Å². The first-order chi connectivity index (χ1) is 11.1. The minimum Gasteiger partial charge on any atom is -0.477 e. The summed E-state index contributed by atoms with van der Waals surface area (Å²) in [7, 11) is 0. The summed E-state index contributed by atoms with van der Waals surface area (Å²) >= 11 is 8.45. The Morgan fingerprint density at radius 3 is 2.87 bits per heavy atom. The zero-order valence-electron chi connectivity index (χ0n) is 12.9. The Labute approximate surface area is 154 Å². The number of likely N-dealkylation sites (tertiary alicyclic amines) is 1. The minimum atomic E-state index is -0.534. The predicted octanol–water partition coefficient (Wildman–Crippen LogP) is 4.27. The SMILES string of the molecule is CC(Oc1c(I)cc(Cl)c2cccnc12)C(=O)N1CCCCC1.